The highest BCUT2D eigenvalue weighted by atomic mass is 127. The van der Waals surface area contributed by atoms with E-state index in [0.29, 0.717) is 18.5 Å². The third-order valence-electron chi connectivity index (χ3n) is 2.44. The molecule has 0 radical (unpaired) electrons. The number of nitrogens with one attached hydrogen (secondary N) is 1. The molecule has 20 heavy (non-hydrogen) atoms. The van der Waals surface area contributed by atoms with Crippen LogP contribution in [0.15, 0.2) is 40.7 Å². The van der Waals surface area contributed by atoms with Crippen molar-refractivity contribution in [1.29, 1.82) is 0 Å². The van der Waals surface area contributed by atoms with Gasteiger partial charge in [-0.15, -0.1) is 35.3 Å². The van der Waals surface area contributed by atoms with Gasteiger partial charge in [-0.1, -0.05) is 30.3 Å². The van der Waals surface area contributed by atoms with Crippen molar-refractivity contribution in [3.8, 4) is 11.3 Å². The molecule has 0 amide bonds. The molecule has 0 unspecified atom stereocenters. The summed E-state index contributed by atoms with van der Waals surface area (Å²) in [7, 11) is 0. The van der Waals surface area contributed by atoms with Crippen LogP contribution in [0, 0.1) is 0 Å². The van der Waals surface area contributed by atoms with Gasteiger partial charge in [-0.2, -0.15) is 0 Å². The Morgan fingerprint density at radius 3 is 2.70 bits per heavy atom. The quantitative estimate of drug-likeness (QED) is 0.469. The summed E-state index contributed by atoms with van der Waals surface area (Å²) < 4.78 is 0. The summed E-state index contributed by atoms with van der Waals surface area (Å²) in [4.78, 5) is 8.83. The second-order valence-electron chi connectivity index (χ2n) is 4.49. The van der Waals surface area contributed by atoms with Crippen molar-refractivity contribution >= 4 is 41.3 Å². The minimum absolute atomic E-state index is 0. The molecule has 2 rings (SSSR count). The Hall–Kier alpha value is -1.15. The van der Waals surface area contributed by atoms with Gasteiger partial charge in [0.1, 0.15) is 5.01 Å². The van der Waals surface area contributed by atoms with E-state index in [1.54, 1.807) is 11.3 Å². The summed E-state index contributed by atoms with van der Waals surface area (Å²) in [5, 5.41) is 6.07. The molecule has 0 aliphatic carbocycles. The maximum absolute atomic E-state index is 5.76. The van der Waals surface area contributed by atoms with Crippen molar-refractivity contribution in [1.82, 2.24) is 10.3 Å². The van der Waals surface area contributed by atoms with E-state index in [-0.39, 0.29) is 24.0 Å². The number of guanidine groups is 1. The number of rotatable bonds is 4. The maximum atomic E-state index is 5.76. The summed E-state index contributed by atoms with van der Waals surface area (Å²) in [6.07, 6.45) is 0. The zero-order chi connectivity index (χ0) is 13.7. The van der Waals surface area contributed by atoms with Crippen molar-refractivity contribution in [2.24, 2.45) is 10.7 Å². The number of nitrogens with two attached hydrogens (primary N) is 1. The fraction of sp³-hybridized carbons (Fsp3) is 0.286. The average Bonchev–Trinajstić information content (AvgIpc) is 2.85. The van der Waals surface area contributed by atoms with E-state index < -0.39 is 0 Å². The Labute approximate surface area is 140 Å². The SMILES string of the molecule is CC(C)NC(N)=NCc1nc(-c2ccccc2)cs1.I. The number of aliphatic imine (C=N–C) groups is 1. The number of halogens is 1. The lowest BCUT2D eigenvalue weighted by Crippen LogP contribution is -2.36. The lowest BCUT2D eigenvalue weighted by molar-refractivity contribution is 0.723. The molecule has 0 aliphatic rings. The van der Waals surface area contributed by atoms with Gasteiger partial charge in [0, 0.05) is 17.0 Å². The number of benzene rings is 1. The zero-order valence-electron chi connectivity index (χ0n) is 11.5. The smallest absolute Gasteiger partial charge is 0.189 e. The Bertz CT molecular complexity index is 551. The predicted octanol–water partition coefficient (Wildman–Crippen LogP) is 3.24. The van der Waals surface area contributed by atoms with E-state index >= 15 is 0 Å². The Morgan fingerprint density at radius 1 is 1.35 bits per heavy atom. The second-order valence-corrected chi connectivity index (χ2v) is 5.44. The number of hydrogen-bond donors (Lipinski definition) is 2. The Morgan fingerprint density at radius 2 is 2.05 bits per heavy atom. The normalized spacial score (nSPS) is 11.2. The molecule has 0 bridgehead atoms. The third-order valence-corrected chi connectivity index (χ3v) is 3.28. The molecular formula is C14H19IN4S. The molecule has 108 valence electrons. The van der Waals surface area contributed by atoms with Gasteiger partial charge in [-0.3, -0.25) is 0 Å². The minimum atomic E-state index is 0. The van der Waals surface area contributed by atoms with Crippen LogP contribution in [0.4, 0.5) is 0 Å². The van der Waals surface area contributed by atoms with Crippen molar-refractivity contribution < 1.29 is 0 Å². The fourth-order valence-electron chi connectivity index (χ4n) is 1.62. The fourth-order valence-corrected chi connectivity index (χ4v) is 2.35. The molecule has 3 N–H and O–H groups in total. The van der Waals surface area contributed by atoms with E-state index in [2.05, 4.69) is 27.4 Å². The molecule has 2 aromatic rings. The molecule has 1 aromatic heterocycles. The van der Waals surface area contributed by atoms with Gasteiger partial charge in [0.15, 0.2) is 5.96 Å². The van der Waals surface area contributed by atoms with Crippen molar-refractivity contribution in [2.45, 2.75) is 26.4 Å². The van der Waals surface area contributed by atoms with Gasteiger partial charge in [0.2, 0.25) is 0 Å². The van der Waals surface area contributed by atoms with Crippen LogP contribution in [0.1, 0.15) is 18.9 Å². The average molecular weight is 402 g/mol. The lowest BCUT2D eigenvalue weighted by Gasteiger charge is -2.07. The highest BCUT2D eigenvalue weighted by Gasteiger charge is 2.04. The van der Waals surface area contributed by atoms with E-state index in [1.807, 2.05) is 37.4 Å². The summed E-state index contributed by atoms with van der Waals surface area (Å²) in [5.74, 6) is 0.464. The van der Waals surface area contributed by atoms with E-state index in [1.165, 1.54) is 0 Å². The Kier molecular flexibility index (Phi) is 6.94. The van der Waals surface area contributed by atoms with E-state index in [4.69, 9.17) is 5.73 Å². The molecule has 1 aromatic carbocycles. The molecule has 0 saturated heterocycles. The van der Waals surface area contributed by atoms with Crippen molar-refractivity contribution in [2.75, 3.05) is 0 Å². The van der Waals surface area contributed by atoms with Crippen LogP contribution in [0.3, 0.4) is 0 Å². The van der Waals surface area contributed by atoms with Gasteiger partial charge >= 0.3 is 0 Å². The van der Waals surface area contributed by atoms with Crippen molar-refractivity contribution in [3.63, 3.8) is 0 Å². The number of nitrogens with zero attached hydrogens (tertiary/aromatic N) is 2. The molecule has 4 nitrogen and oxygen atoms in total. The first-order chi connectivity index (χ1) is 9.15. The lowest BCUT2D eigenvalue weighted by atomic mass is 10.2. The van der Waals surface area contributed by atoms with Gasteiger partial charge in [0.05, 0.1) is 12.2 Å². The summed E-state index contributed by atoms with van der Waals surface area (Å²) in [6, 6.07) is 10.4. The zero-order valence-corrected chi connectivity index (χ0v) is 14.7. The summed E-state index contributed by atoms with van der Waals surface area (Å²) >= 11 is 1.60. The Balaban J connectivity index is 0.00000200. The topological polar surface area (TPSA) is 63.3 Å². The molecule has 1 heterocycles. The second kappa shape index (κ2) is 8.21. The first-order valence-electron chi connectivity index (χ1n) is 6.21. The van der Waals surface area contributed by atoms with Crippen LogP contribution in [0.25, 0.3) is 11.3 Å². The van der Waals surface area contributed by atoms with Crippen LogP contribution < -0.4 is 11.1 Å². The molecule has 0 fully saturated rings. The first-order valence-corrected chi connectivity index (χ1v) is 7.09. The third kappa shape index (κ3) is 5.09. The standard InChI is InChI=1S/C14H18N4S.HI/c1-10(2)17-14(15)16-8-13-18-12(9-19-13)11-6-4-3-5-7-11;/h3-7,9-10H,8H2,1-2H3,(H3,15,16,17);1H. The summed E-state index contributed by atoms with van der Waals surface area (Å²) in [6.45, 7) is 4.57. The molecule has 0 spiro atoms. The predicted molar refractivity (Wildman–Crippen MR) is 96.6 cm³/mol. The van der Waals surface area contributed by atoms with Crippen LogP contribution in [0.5, 0.6) is 0 Å². The van der Waals surface area contributed by atoms with Gasteiger partial charge < -0.3 is 11.1 Å². The number of thiazole rings is 1. The van der Waals surface area contributed by atoms with E-state index in [0.717, 1.165) is 16.3 Å². The van der Waals surface area contributed by atoms with Crippen LogP contribution in [-0.2, 0) is 6.54 Å². The number of aromatic nitrogens is 1. The first kappa shape index (κ1) is 16.9. The molecular weight excluding hydrogens is 383 g/mol. The molecule has 0 saturated carbocycles. The van der Waals surface area contributed by atoms with Crippen LogP contribution >= 0.6 is 35.3 Å². The van der Waals surface area contributed by atoms with Gasteiger partial charge in [0.25, 0.3) is 0 Å². The van der Waals surface area contributed by atoms with E-state index in [9.17, 15) is 0 Å². The molecule has 6 heteroatoms. The highest BCUT2D eigenvalue weighted by molar-refractivity contribution is 14.0. The van der Waals surface area contributed by atoms with Gasteiger partial charge in [-0.05, 0) is 13.8 Å². The van der Waals surface area contributed by atoms with Crippen LogP contribution in [0.2, 0.25) is 0 Å². The largest absolute Gasteiger partial charge is 0.370 e. The molecule has 0 atom stereocenters. The minimum Gasteiger partial charge on any atom is -0.370 e. The van der Waals surface area contributed by atoms with Gasteiger partial charge in [-0.25, -0.2) is 9.98 Å². The maximum Gasteiger partial charge on any atom is 0.189 e. The highest BCUT2D eigenvalue weighted by Crippen LogP contribution is 2.21. The monoisotopic (exact) mass is 402 g/mol. The number of hydrogen-bond acceptors (Lipinski definition) is 3. The summed E-state index contributed by atoms with van der Waals surface area (Å²) in [5.41, 5.74) is 7.88. The van der Waals surface area contributed by atoms with Crippen molar-refractivity contribution in [3.05, 3.63) is 40.7 Å². The van der Waals surface area contributed by atoms with Crippen LogP contribution in [-0.4, -0.2) is 17.0 Å². The molecule has 0 aliphatic heterocycles.